The van der Waals surface area contributed by atoms with Gasteiger partial charge in [0, 0.05) is 6.42 Å². The average Bonchev–Trinajstić information content (AvgIpc) is 3.00. The van der Waals surface area contributed by atoms with Crippen LogP contribution in [0.4, 0.5) is 0 Å². The summed E-state index contributed by atoms with van der Waals surface area (Å²) in [6.45, 7) is 0. The first-order chi connectivity index (χ1) is 8.34. The van der Waals surface area contributed by atoms with E-state index in [1.807, 2.05) is 35.7 Å². The van der Waals surface area contributed by atoms with Crippen LogP contribution in [0.25, 0.3) is 11.0 Å². The maximum atomic E-state index is 12.0. The van der Waals surface area contributed by atoms with E-state index >= 15 is 0 Å². The molecule has 0 bridgehead atoms. The Morgan fingerprint density at radius 1 is 1.29 bits per heavy atom. The van der Waals surface area contributed by atoms with Gasteiger partial charge >= 0.3 is 0 Å². The smallest absolute Gasteiger partial charge is 0.177 e. The van der Waals surface area contributed by atoms with Crippen LogP contribution in [-0.2, 0) is 6.42 Å². The van der Waals surface area contributed by atoms with Gasteiger partial charge in [-0.25, -0.2) is 4.98 Å². The van der Waals surface area contributed by atoms with Gasteiger partial charge in [-0.1, -0.05) is 18.2 Å². The lowest BCUT2D eigenvalue weighted by molar-refractivity contribution is 0.0997. The van der Waals surface area contributed by atoms with E-state index in [9.17, 15) is 4.79 Å². The molecule has 3 rings (SSSR count). The van der Waals surface area contributed by atoms with E-state index in [-0.39, 0.29) is 5.78 Å². The highest BCUT2D eigenvalue weighted by atomic mass is 32.1. The number of hydrogen-bond donors (Lipinski definition) is 1. The summed E-state index contributed by atoms with van der Waals surface area (Å²) < 4.78 is 0. The van der Waals surface area contributed by atoms with Crippen LogP contribution in [0.3, 0.4) is 0 Å². The van der Waals surface area contributed by atoms with Crippen LogP contribution >= 0.6 is 11.3 Å². The van der Waals surface area contributed by atoms with Gasteiger partial charge in [-0.15, -0.1) is 11.3 Å². The molecule has 2 aromatic heterocycles. The van der Waals surface area contributed by atoms with Gasteiger partial charge in [-0.05, 0) is 23.1 Å². The molecule has 1 N–H and O–H groups in total. The third-order valence-electron chi connectivity index (χ3n) is 2.68. The summed E-state index contributed by atoms with van der Waals surface area (Å²) in [7, 11) is 0. The molecule has 0 fully saturated rings. The first-order valence-electron chi connectivity index (χ1n) is 5.32. The number of nitrogens with zero attached hydrogens (tertiary/aromatic N) is 1. The second-order valence-electron chi connectivity index (χ2n) is 3.79. The molecule has 4 heteroatoms. The topological polar surface area (TPSA) is 45.8 Å². The summed E-state index contributed by atoms with van der Waals surface area (Å²) >= 11 is 1.48. The van der Waals surface area contributed by atoms with Crippen molar-refractivity contribution in [3.05, 3.63) is 52.5 Å². The van der Waals surface area contributed by atoms with E-state index in [0.29, 0.717) is 6.42 Å². The van der Waals surface area contributed by atoms with Crippen molar-refractivity contribution in [2.75, 3.05) is 0 Å². The molecule has 3 nitrogen and oxygen atoms in total. The van der Waals surface area contributed by atoms with Gasteiger partial charge in [0.25, 0.3) is 0 Å². The van der Waals surface area contributed by atoms with Crippen molar-refractivity contribution >= 4 is 28.2 Å². The van der Waals surface area contributed by atoms with Gasteiger partial charge in [-0.3, -0.25) is 4.79 Å². The van der Waals surface area contributed by atoms with Gasteiger partial charge in [0.15, 0.2) is 5.78 Å². The Morgan fingerprint density at radius 3 is 3.06 bits per heavy atom. The van der Waals surface area contributed by atoms with Crippen molar-refractivity contribution in [3.63, 3.8) is 0 Å². The van der Waals surface area contributed by atoms with Crippen molar-refractivity contribution in [2.24, 2.45) is 0 Å². The Bertz CT molecular complexity index is 655. The van der Waals surface area contributed by atoms with Crippen molar-refractivity contribution in [1.29, 1.82) is 0 Å². The standard InChI is InChI=1S/C13H10N2OS/c16-11(12-5-2-6-17-12)7-9-3-1-4-10-13(9)15-8-14-10/h1-6,8H,7H2,(H,14,15). The Kier molecular flexibility index (Phi) is 2.49. The molecule has 84 valence electrons. The van der Waals surface area contributed by atoms with E-state index in [4.69, 9.17) is 0 Å². The van der Waals surface area contributed by atoms with E-state index < -0.39 is 0 Å². The number of aromatic nitrogens is 2. The monoisotopic (exact) mass is 242 g/mol. The summed E-state index contributed by atoms with van der Waals surface area (Å²) in [5.74, 6) is 0.149. The molecule has 0 aliphatic heterocycles. The molecular weight excluding hydrogens is 232 g/mol. The molecule has 1 aromatic carbocycles. The largest absolute Gasteiger partial charge is 0.345 e. The number of para-hydroxylation sites is 1. The number of ketones is 1. The second kappa shape index (κ2) is 4.14. The van der Waals surface area contributed by atoms with Crippen LogP contribution < -0.4 is 0 Å². The van der Waals surface area contributed by atoms with Gasteiger partial charge in [0.05, 0.1) is 22.2 Å². The number of Topliss-reactive ketones (excluding diaryl/α,β-unsaturated/α-hetero) is 1. The predicted octanol–water partition coefficient (Wildman–Crippen LogP) is 3.05. The number of aromatic amines is 1. The van der Waals surface area contributed by atoms with Gasteiger partial charge in [-0.2, -0.15) is 0 Å². The Balaban J connectivity index is 1.95. The lowest BCUT2D eigenvalue weighted by atomic mass is 10.1. The maximum absolute atomic E-state index is 12.0. The highest BCUT2D eigenvalue weighted by molar-refractivity contribution is 7.12. The third kappa shape index (κ3) is 1.87. The van der Waals surface area contributed by atoms with Crippen molar-refractivity contribution in [2.45, 2.75) is 6.42 Å². The minimum absolute atomic E-state index is 0.149. The molecule has 3 aromatic rings. The first kappa shape index (κ1) is 10.2. The number of hydrogen-bond acceptors (Lipinski definition) is 3. The summed E-state index contributed by atoms with van der Waals surface area (Å²) in [5, 5.41) is 1.92. The highest BCUT2D eigenvalue weighted by Crippen LogP contribution is 2.18. The van der Waals surface area contributed by atoms with E-state index in [1.54, 1.807) is 6.33 Å². The molecule has 17 heavy (non-hydrogen) atoms. The fourth-order valence-electron chi connectivity index (χ4n) is 1.87. The molecule has 0 radical (unpaired) electrons. The number of carbonyl (C=O) groups is 1. The second-order valence-corrected chi connectivity index (χ2v) is 4.74. The number of imidazole rings is 1. The fraction of sp³-hybridized carbons (Fsp3) is 0.0769. The van der Waals surface area contributed by atoms with E-state index in [0.717, 1.165) is 21.5 Å². The lowest BCUT2D eigenvalue weighted by Crippen LogP contribution is -2.01. The SMILES string of the molecule is O=C(Cc1cccc2[nH]cnc12)c1cccs1. The molecule has 0 saturated heterocycles. The van der Waals surface area contributed by atoms with Gasteiger partial charge in [0.1, 0.15) is 0 Å². The molecule has 0 amide bonds. The number of fused-ring (bicyclic) bond motifs is 1. The molecule has 0 atom stereocenters. The molecule has 0 aliphatic rings. The van der Waals surface area contributed by atoms with Crippen LogP contribution in [-0.4, -0.2) is 15.8 Å². The zero-order chi connectivity index (χ0) is 11.7. The third-order valence-corrected chi connectivity index (χ3v) is 3.59. The number of carbonyl (C=O) groups excluding carboxylic acids is 1. The minimum Gasteiger partial charge on any atom is -0.345 e. The summed E-state index contributed by atoms with van der Waals surface area (Å²) in [4.78, 5) is 20.1. The first-order valence-corrected chi connectivity index (χ1v) is 6.20. The molecule has 0 saturated carbocycles. The maximum Gasteiger partial charge on any atom is 0.177 e. The number of nitrogens with one attached hydrogen (secondary N) is 1. The molecular formula is C13H10N2OS. The summed E-state index contributed by atoms with van der Waals surface area (Å²) in [6, 6.07) is 9.61. The van der Waals surface area contributed by atoms with Crippen molar-refractivity contribution in [3.8, 4) is 0 Å². The average molecular weight is 242 g/mol. The van der Waals surface area contributed by atoms with Crippen LogP contribution in [0.2, 0.25) is 0 Å². The Labute approximate surface area is 102 Å². The summed E-state index contributed by atoms with van der Waals surface area (Å²) in [6.07, 6.45) is 2.06. The highest BCUT2D eigenvalue weighted by Gasteiger charge is 2.11. The number of benzene rings is 1. The van der Waals surface area contributed by atoms with Crippen LogP contribution in [0.1, 0.15) is 15.2 Å². The zero-order valence-corrected chi connectivity index (χ0v) is 9.83. The van der Waals surface area contributed by atoms with Crippen LogP contribution in [0.5, 0.6) is 0 Å². The Morgan fingerprint density at radius 2 is 2.24 bits per heavy atom. The fourth-order valence-corrected chi connectivity index (χ4v) is 2.53. The van der Waals surface area contributed by atoms with Crippen LogP contribution in [0.15, 0.2) is 42.0 Å². The minimum atomic E-state index is 0.149. The predicted molar refractivity (Wildman–Crippen MR) is 68.4 cm³/mol. The van der Waals surface area contributed by atoms with E-state index in [2.05, 4.69) is 9.97 Å². The van der Waals surface area contributed by atoms with Gasteiger partial charge in [0.2, 0.25) is 0 Å². The molecule has 2 heterocycles. The summed E-state index contributed by atoms with van der Waals surface area (Å²) in [5.41, 5.74) is 2.83. The van der Waals surface area contributed by atoms with Gasteiger partial charge < -0.3 is 4.98 Å². The van der Waals surface area contributed by atoms with Crippen molar-refractivity contribution in [1.82, 2.24) is 9.97 Å². The van der Waals surface area contributed by atoms with Crippen molar-refractivity contribution < 1.29 is 4.79 Å². The molecule has 0 unspecified atom stereocenters. The van der Waals surface area contributed by atoms with Crippen LogP contribution in [0, 0.1) is 0 Å². The number of rotatable bonds is 3. The molecule has 0 spiro atoms. The van der Waals surface area contributed by atoms with E-state index in [1.165, 1.54) is 11.3 Å². The quantitative estimate of drug-likeness (QED) is 0.717. The number of H-pyrrole nitrogens is 1. The Hall–Kier alpha value is -1.94. The lowest BCUT2D eigenvalue weighted by Gasteiger charge is -2.00. The zero-order valence-electron chi connectivity index (χ0n) is 9.01. The molecule has 0 aliphatic carbocycles. The number of thiophene rings is 1. The normalized spacial score (nSPS) is 10.8.